The molecule has 1 unspecified atom stereocenters. The smallest absolute Gasteiger partial charge is 0.331 e. The van der Waals surface area contributed by atoms with Crippen LogP contribution in [-0.2, 0) is 19.0 Å². The molecule has 0 aromatic heterocycles. The molecule has 5 N–H and O–H groups in total. The lowest BCUT2D eigenvalue weighted by molar-refractivity contribution is -0.313. The van der Waals surface area contributed by atoms with Crippen LogP contribution in [-0.4, -0.2) is 83.0 Å². The van der Waals surface area contributed by atoms with E-state index in [-0.39, 0.29) is 23.0 Å². The second-order valence-electron chi connectivity index (χ2n) is 8.34. The van der Waals surface area contributed by atoms with Crippen LogP contribution in [0.2, 0.25) is 0 Å². The first-order valence-electron chi connectivity index (χ1n) is 11.6. The molecule has 0 saturated carbocycles. The quantitative estimate of drug-likeness (QED) is 0.228. The molecular weight excluding hydrogens is 488 g/mol. The summed E-state index contributed by atoms with van der Waals surface area (Å²) in [5.41, 5.74) is 1.16. The third kappa shape index (κ3) is 6.70. The predicted molar refractivity (Wildman–Crippen MR) is 130 cm³/mol. The van der Waals surface area contributed by atoms with Crippen LogP contribution in [0.3, 0.4) is 0 Å². The molecule has 11 nitrogen and oxygen atoms in total. The van der Waals surface area contributed by atoms with Crippen molar-refractivity contribution in [2.24, 2.45) is 0 Å². The Morgan fingerprint density at radius 3 is 2.22 bits per heavy atom. The maximum atomic E-state index is 12.4. The lowest BCUT2D eigenvalue weighted by Gasteiger charge is -2.42. The second kappa shape index (κ2) is 12.7. The summed E-state index contributed by atoms with van der Waals surface area (Å²) in [5, 5.41) is 50.7. The van der Waals surface area contributed by atoms with Gasteiger partial charge in [0.15, 0.2) is 23.9 Å². The largest absolute Gasteiger partial charge is 0.508 e. The molecule has 1 heterocycles. The fraction of sp³-hybridized carbons (Fsp3) is 0.423. The van der Waals surface area contributed by atoms with Gasteiger partial charge in [0.05, 0.1) is 26.9 Å². The Morgan fingerprint density at radius 1 is 1.05 bits per heavy atom. The first kappa shape index (κ1) is 28.2. The molecule has 202 valence electrons. The Balaban J connectivity index is 1.78. The van der Waals surface area contributed by atoms with E-state index in [2.05, 4.69) is 0 Å². The van der Waals surface area contributed by atoms with Crippen molar-refractivity contribution in [1.29, 1.82) is 0 Å². The van der Waals surface area contributed by atoms with Crippen LogP contribution in [0.15, 0.2) is 42.5 Å². The Labute approximate surface area is 214 Å². The first-order valence-corrected chi connectivity index (χ1v) is 11.6. The van der Waals surface area contributed by atoms with Crippen molar-refractivity contribution >= 4 is 12.0 Å². The number of rotatable bonds is 10. The second-order valence-corrected chi connectivity index (χ2v) is 8.34. The molecule has 0 aliphatic carbocycles. The van der Waals surface area contributed by atoms with Crippen LogP contribution >= 0.6 is 0 Å². The van der Waals surface area contributed by atoms with Crippen LogP contribution < -0.4 is 9.47 Å². The number of hydrogen-bond acceptors (Lipinski definition) is 11. The van der Waals surface area contributed by atoms with Crippen molar-refractivity contribution in [2.75, 3.05) is 20.8 Å². The minimum atomic E-state index is -1.60. The third-order valence-electron chi connectivity index (χ3n) is 5.92. The highest BCUT2D eigenvalue weighted by Crippen LogP contribution is 2.41. The number of ether oxygens (including phenoxy) is 5. The number of aromatic hydroxyl groups is 2. The van der Waals surface area contributed by atoms with Gasteiger partial charge >= 0.3 is 5.97 Å². The minimum Gasteiger partial charge on any atom is -0.508 e. The van der Waals surface area contributed by atoms with Gasteiger partial charge in [-0.1, -0.05) is 19.1 Å². The van der Waals surface area contributed by atoms with Crippen molar-refractivity contribution in [2.45, 2.75) is 50.2 Å². The van der Waals surface area contributed by atoms with Gasteiger partial charge in [0.2, 0.25) is 5.75 Å². The van der Waals surface area contributed by atoms with Gasteiger partial charge in [-0.25, -0.2) is 4.79 Å². The summed E-state index contributed by atoms with van der Waals surface area (Å²) in [5.74, 6) is -0.666. The molecule has 11 heteroatoms. The molecule has 1 aliphatic rings. The zero-order chi connectivity index (χ0) is 27.1. The van der Waals surface area contributed by atoms with Gasteiger partial charge in [0.25, 0.3) is 0 Å². The van der Waals surface area contributed by atoms with Crippen LogP contribution in [0.4, 0.5) is 0 Å². The van der Waals surface area contributed by atoms with Gasteiger partial charge < -0.3 is 49.2 Å². The highest BCUT2D eigenvalue weighted by atomic mass is 16.7. The number of phenolic OH excluding ortho intramolecular Hbond substituents is 2. The number of hydrogen-bond donors (Lipinski definition) is 5. The summed E-state index contributed by atoms with van der Waals surface area (Å²) in [6.45, 7) is 1.19. The van der Waals surface area contributed by atoms with E-state index >= 15 is 0 Å². The zero-order valence-corrected chi connectivity index (χ0v) is 20.7. The number of aliphatic hydroxyl groups is 3. The number of phenols is 2. The van der Waals surface area contributed by atoms with Crippen LogP contribution in [0.1, 0.15) is 30.6 Å². The summed E-state index contributed by atoms with van der Waals surface area (Å²) in [6.07, 6.45) is -4.92. The maximum Gasteiger partial charge on any atom is 0.331 e. The Kier molecular flexibility index (Phi) is 9.73. The average Bonchev–Trinajstić information content (AvgIpc) is 2.90. The van der Waals surface area contributed by atoms with E-state index in [0.717, 1.165) is 6.08 Å². The number of esters is 1. The van der Waals surface area contributed by atoms with Crippen molar-refractivity contribution in [3.63, 3.8) is 0 Å². The number of carbonyl (C=O) groups excluding carboxylic acids is 1. The summed E-state index contributed by atoms with van der Waals surface area (Å²) in [4.78, 5) is 12.4. The van der Waals surface area contributed by atoms with E-state index in [1.165, 1.54) is 32.4 Å². The highest BCUT2D eigenvalue weighted by Gasteiger charge is 2.47. The first-order chi connectivity index (χ1) is 17.7. The molecule has 2 aromatic carbocycles. The fourth-order valence-electron chi connectivity index (χ4n) is 3.90. The molecule has 2 aromatic rings. The predicted octanol–water partition coefficient (Wildman–Crippen LogP) is 1.65. The van der Waals surface area contributed by atoms with E-state index in [0.29, 0.717) is 17.5 Å². The molecule has 1 aliphatic heterocycles. The molecular formula is C26H32O11. The maximum absolute atomic E-state index is 12.4. The van der Waals surface area contributed by atoms with Crippen molar-refractivity contribution in [3.8, 4) is 23.0 Å². The number of carbonyl (C=O) groups is 1. The standard InChI is InChI=1S/C26H32O11/c1-4-17(15-11-18(33-2)22(30)19(12-15)34-3)35-26-24(32)25(23(31)20(13-27)36-26)37-21(29)10-7-14-5-8-16(28)9-6-14/h5-12,17,20,23-28,30-32H,4,13H2,1-3H3/b10-7+/t17?,20-,23-,24-,25+,26-/m1/s1. The highest BCUT2D eigenvalue weighted by molar-refractivity contribution is 5.87. The van der Waals surface area contributed by atoms with Crippen molar-refractivity contribution in [1.82, 2.24) is 0 Å². The Bertz CT molecular complexity index is 1040. The Hall–Kier alpha value is -3.35. The summed E-state index contributed by atoms with van der Waals surface area (Å²) < 4.78 is 27.3. The normalized spacial score (nSPS) is 24.5. The lowest BCUT2D eigenvalue weighted by atomic mass is 9.98. The fourth-order valence-corrected chi connectivity index (χ4v) is 3.90. The zero-order valence-electron chi connectivity index (χ0n) is 20.7. The minimum absolute atomic E-state index is 0.0730. The number of aliphatic hydroxyl groups excluding tert-OH is 3. The van der Waals surface area contributed by atoms with Crippen LogP contribution in [0.25, 0.3) is 6.08 Å². The van der Waals surface area contributed by atoms with Gasteiger partial charge in [-0.3, -0.25) is 0 Å². The molecule has 0 spiro atoms. The summed E-state index contributed by atoms with van der Waals surface area (Å²) in [6, 6.07) is 9.17. The monoisotopic (exact) mass is 520 g/mol. The summed E-state index contributed by atoms with van der Waals surface area (Å²) in [7, 11) is 2.77. The molecule has 1 saturated heterocycles. The van der Waals surface area contributed by atoms with E-state index in [1.54, 1.807) is 24.3 Å². The molecule has 6 atom stereocenters. The molecule has 0 radical (unpaired) electrons. The van der Waals surface area contributed by atoms with Gasteiger partial charge in [-0.05, 0) is 47.9 Å². The topological polar surface area (TPSA) is 164 Å². The molecule has 3 rings (SSSR count). The van der Waals surface area contributed by atoms with Gasteiger partial charge in [0, 0.05) is 6.08 Å². The van der Waals surface area contributed by atoms with Gasteiger partial charge in [0.1, 0.15) is 24.1 Å². The third-order valence-corrected chi connectivity index (χ3v) is 5.92. The SMILES string of the molecule is CCC(O[C@@H]1O[C@H](CO)[C@@H](O)[C@H](OC(=O)/C=C/c2ccc(O)cc2)[C@H]1O)c1cc(OC)c(O)c(OC)c1. The Morgan fingerprint density at radius 2 is 1.68 bits per heavy atom. The molecule has 0 bridgehead atoms. The van der Waals surface area contributed by atoms with Gasteiger partial charge in [-0.15, -0.1) is 0 Å². The molecule has 1 fully saturated rings. The molecule has 0 amide bonds. The van der Waals surface area contributed by atoms with Crippen LogP contribution in [0, 0.1) is 0 Å². The molecule has 37 heavy (non-hydrogen) atoms. The summed E-state index contributed by atoms with van der Waals surface area (Å²) >= 11 is 0. The van der Waals surface area contributed by atoms with Crippen molar-refractivity contribution < 1.29 is 54.0 Å². The van der Waals surface area contributed by atoms with Gasteiger partial charge in [-0.2, -0.15) is 0 Å². The van der Waals surface area contributed by atoms with Crippen LogP contribution in [0.5, 0.6) is 23.0 Å². The van der Waals surface area contributed by atoms with E-state index in [4.69, 9.17) is 23.7 Å². The van der Waals surface area contributed by atoms with Crippen molar-refractivity contribution in [3.05, 3.63) is 53.6 Å². The van der Waals surface area contributed by atoms with E-state index in [9.17, 15) is 30.3 Å². The van der Waals surface area contributed by atoms with E-state index in [1.807, 2.05) is 6.92 Å². The average molecular weight is 521 g/mol. The number of benzene rings is 2. The lowest BCUT2D eigenvalue weighted by Crippen LogP contribution is -2.60. The van der Waals surface area contributed by atoms with E-state index < -0.39 is 49.4 Å². The number of methoxy groups -OCH3 is 2.